The number of fused-ring (bicyclic) bond motifs is 3. The highest BCUT2D eigenvalue weighted by Gasteiger charge is 2.08. The lowest BCUT2D eigenvalue weighted by molar-refractivity contribution is 0.322. The van der Waals surface area contributed by atoms with Gasteiger partial charge in [0.25, 0.3) is 0 Å². The molecule has 18 heavy (non-hydrogen) atoms. The van der Waals surface area contributed by atoms with E-state index in [4.69, 9.17) is 5.21 Å². The van der Waals surface area contributed by atoms with Gasteiger partial charge in [-0.15, -0.1) is 0 Å². The molecule has 1 N–H and O–H groups in total. The van der Waals surface area contributed by atoms with Crippen molar-refractivity contribution in [2.24, 2.45) is 5.16 Å². The molecule has 0 unspecified atom stereocenters. The molecular formula is C15H14N2O. The van der Waals surface area contributed by atoms with Gasteiger partial charge in [-0.1, -0.05) is 29.4 Å². The first kappa shape index (κ1) is 10.8. The zero-order chi connectivity index (χ0) is 12.5. The van der Waals surface area contributed by atoms with Crippen molar-refractivity contribution in [1.82, 2.24) is 4.57 Å². The van der Waals surface area contributed by atoms with Gasteiger partial charge in [-0.25, -0.2) is 0 Å². The van der Waals surface area contributed by atoms with E-state index in [1.807, 2.05) is 6.07 Å². The van der Waals surface area contributed by atoms with Crippen LogP contribution >= 0.6 is 0 Å². The molecule has 0 spiro atoms. The molecule has 0 fully saturated rings. The molecule has 0 bridgehead atoms. The van der Waals surface area contributed by atoms with Crippen molar-refractivity contribution in [3.63, 3.8) is 0 Å². The van der Waals surface area contributed by atoms with Crippen LogP contribution in [0.1, 0.15) is 12.5 Å². The largest absolute Gasteiger partial charge is 0.411 e. The van der Waals surface area contributed by atoms with E-state index in [0.717, 1.165) is 12.1 Å². The van der Waals surface area contributed by atoms with E-state index in [0.29, 0.717) is 0 Å². The van der Waals surface area contributed by atoms with Crippen LogP contribution in [0.15, 0.2) is 47.6 Å². The lowest BCUT2D eigenvalue weighted by Crippen LogP contribution is -1.92. The number of nitrogens with zero attached hydrogens (tertiary/aromatic N) is 2. The number of benzene rings is 2. The van der Waals surface area contributed by atoms with Crippen LogP contribution < -0.4 is 0 Å². The van der Waals surface area contributed by atoms with Crippen molar-refractivity contribution in [2.75, 3.05) is 0 Å². The van der Waals surface area contributed by atoms with Crippen molar-refractivity contribution in [3.05, 3.63) is 48.0 Å². The van der Waals surface area contributed by atoms with E-state index in [-0.39, 0.29) is 0 Å². The Bertz CT molecular complexity index is 741. The summed E-state index contributed by atoms with van der Waals surface area (Å²) in [6.07, 6.45) is 1.46. The highest BCUT2D eigenvalue weighted by molar-refractivity contribution is 6.09. The third-order valence-electron chi connectivity index (χ3n) is 3.32. The van der Waals surface area contributed by atoms with Crippen molar-refractivity contribution in [3.8, 4) is 0 Å². The Morgan fingerprint density at radius 3 is 2.67 bits per heavy atom. The molecule has 90 valence electrons. The van der Waals surface area contributed by atoms with Crippen LogP contribution in [0.5, 0.6) is 0 Å². The maximum absolute atomic E-state index is 8.62. The number of oxime groups is 1. The molecule has 2 aromatic carbocycles. The SMILES string of the molecule is CCn1c2ccccc2c2cc(C=NO)ccc21. The molecule has 3 aromatic rings. The Balaban J connectivity index is 2.44. The molecule has 0 saturated carbocycles. The zero-order valence-corrected chi connectivity index (χ0v) is 10.2. The minimum absolute atomic E-state index is 0.906. The minimum Gasteiger partial charge on any atom is -0.411 e. The van der Waals surface area contributed by atoms with Crippen LogP contribution in [0.3, 0.4) is 0 Å². The second-order valence-electron chi connectivity index (χ2n) is 4.28. The third-order valence-corrected chi connectivity index (χ3v) is 3.32. The van der Waals surface area contributed by atoms with Crippen LogP contribution in [0, 0.1) is 0 Å². The Morgan fingerprint density at radius 2 is 1.89 bits per heavy atom. The van der Waals surface area contributed by atoms with Crippen LogP contribution in [0.2, 0.25) is 0 Å². The molecule has 0 atom stereocenters. The fraction of sp³-hybridized carbons (Fsp3) is 0.133. The van der Waals surface area contributed by atoms with E-state index >= 15 is 0 Å². The molecule has 0 radical (unpaired) electrons. The van der Waals surface area contributed by atoms with Gasteiger partial charge >= 0.3 is 0 Å². The lowest BCUT2D eigenvalue weighted by atomic mass is 10.1. The van der Waals surface area contributed by atoms with Gasteiger partial charge in [0.1, 0.15) is 0 Å². The number of para-hydroxylation sites is 1. The summed E-state index contributed by atoms with van der Waals surface area (Å²) in [7, 11) is 0. The lowest BCUT2D eigenvalue weighted by Gasteiger charge is -2.02. The molecule has 0 amide bonds. The molecule has 0 aliphatic heterocycles. The van der Waals surface area contributed by atoms with Gasteiger partial charge in [-0.2, -0.15) is 0 Å². The smallest absolute Gasteiger partial charge is 0.0734 e. The maximum Gasteiger partial charge on any atom is 0.0734 e. The van der Waals surface area contributed by atoms with Gasteiger partial charge in [0.05, 0.1) is 6.21 Å². The van der Waals surface area contributed by atoms with Crippen molar-refractivity contribution in [1.29, 1.82) is 0 Å². The summed E-state index contributed by atoms with van der Waals surface area (Å²) in [5.41, 5.74) is 3.37. The monoisotopic (exact) mass is 238 g/mol. The van der Waals surface area contributed by atoms with Crippen LogP contribution in [0.4, 0.5) is 0 Å². The zero-order valence-electron chi connectivity index (χ0n) is 10.2. The fourth-order valence-electron chi connectivity index (χ4n) is 2.56. The Morgan fingerprint density at radius 1 is 1.11 bits per heavy atom. The summed E-state index contributed by atoms with van der Waals surface area (Å²) >= 11 is 0. The quantitative estimate of drug-likeness (QED) is 0.413. The number of hydrogen-bond donors (Lipinski definition) is 1. The predicted molar refractivity (Wildman–Crippen MR) is 74.5 cm³/mol. The average Bonchev–Trinajstić information content (AvgIpc) is 2.72. The summed E-state index contributed by atoms with van der Waals surface area (Å²) in [6, 6.07) is 14.5. The molecule has 3 heteroatoms. The first-order valence-electron chi connectivity index (χ1n) is 6.03. The molecule has 3 nitrogen and oxygen atoms in total. The topological polar surface area (TPSA) is 37.5 Å². The van der Waals surface area contributed by atoms with Gasteiger partial charge in [0.15, 0.2) is 0 Å². The first-order valence-corrected chi connectivity index (χ1v) is 6.03. The highest BCUT2D eigenvalue weighted by Crippen LogP contribution is 2.29. The van der Waals surface area contributed by atoms with Gasteiger partial charge in [0.2, 0.25) is 0 Å². The first-order chi connectivity index (χ1) is 8.85. The Kier molecular flexibility index (Phi) is 2.52. The third kappa shape index (κ3) is 1.48. The average molecular weight is 238 g/mol. The van der Waals surface area contributed by atoms with E-state index in [9.17, 15) is 0 Å². The predicted octanol–water partition coefficient (Wildman–Crippen LogP) is 3.62. The van der Waals surface area contributed by atoms with Crippen LogP contribution in [-0.4, -0.2) is 16.0 Å². The summed E-state index contributed by atoms with van der Waals surface area (Å²) in [5, 5.41) is 14.1. The molecule has 0 saturated heterocycles. The molecule has 0 aliphatic carbocycles. The fourth-order valence-corrected chi connectivity index (χ4v) is 2.56. The van der Waals surface area contributed by atoms with Crippen LogP contribution in [0.25, 0.3) is 21.8 Å². The molecule has 0 aliphatic rings. The standard InChI is InChI=1S/C15H14N2O/c1-2-17-14-6-4-3-5-12(14)13-9-11(10-16-18)7-8-15(13)17/h3-10,18H,2H2,1H3. The summed E-state index contributed by atoms with van der Waals surface area (Å²) < 4.78 is 2.30. The summed E-state index contributed by atoms with van der Waals surface area (Å²) in [4.78, 5) is 0. The van der Waals surface area contributed by atoms with E-state index in [1.165, 1.54) is 28.0 Å². The van der Waals surface area contributed by atoms with Crippen molar-refractivity contribution < 1.29 is 5.21 Å². The second-order valence-corrected chi connectivity index (χ2v) is 4.28. The normalized spacial score (nSPS) is 11.8. The number of aromatic nitrogens is 1. The minimum atomic E-state index is 0.906. The molecular weight excluding hydrogens is 224 g/mol. The van der Waals surface area contributed by atoms with Gasteiger partial charge in [-0.05, 0) is 30.7 Å². The van der Waals surface area contributed by atoms with E-state index < -0.39 is 0 Å². The molecule has 1 heterocycles. The Labute approximate surface area is 105 Å². The van der Waals surface area contributed by atoms with E-state index in [1.54, 1.807) is 0 Å². The van der Waals surface area contributed by atoms with Crippen LogP contribution in [-0.2, 0) is 6.54 Å². The molecule has 3 rings (SSSR count). The Hall–Kier alpha value is -2.29. The summed E-state index contributed by atoms with van der Waals surface area (Å²) in [6.45, 7) is 3.09. The molecule has 1 aromatic heterocycles. The number of aryl methyl sites for hydroxylation is 1. The number of rotatable bonds is 2. The van der Waals surface area contributed by atoms with E-state index in [2.05, 4.69) is 53.0 Å². The summed E-state index contributed by atoms with van der Waals surface area (Å²) in [5.74, 6) is 0. The van der Waals surface area contributed by atoms with Gasteiger partial charge in [0, 0.05) is 28.4 Å². The second kappa shape index (κ2) is 4.18. The maximum atomic E-state index is 8.62. The van der Waals surface area contributed by atoms with Gasteiger partial charge < -0.3 is 9.77 Å². The van der Waals surface area contributed by atoms with Gasteiger partial charge in [-0.3, -0.25) is 0 Å². The number of hydrogen-bond acceptors (Lipinski definition) is 2. The van der Waals surface area contributed by atoms with Crippen molar-refractivity contribution >= 4 is 28.0 Å². The highest BCUT2D eigenvalue weighted by atomic mass is 16.4. The van der Waals surface area contributed by atoms with Crippen molar-refractivity contribution in [2.45, 2.75) is 13.5 Å².